The molecule has 5 aromatic carbocycles. The minimum atomic E-state index is 0.863. The first-order chi connectivity index (χ1) is 22.8. The van der Waals surface area contributed by atoms with Crippen LogP contribution in [0.15, 0.2) is 158 Å². The van der Waals surface area contributed by atoms with Gasteiger partial charge >= 0.3 is 0 Å². The molecule has 4 nitrogen and oxygen atoms in total. The lowest BCUT2D eigenvalue weighted by atomic mass is 9.95. The molecule has 0 aliphatic rings. The topological polar surface area (TPSA) is 51.6 Å². The number of hydrogen-bond acceptors (Lipinski definition) is 4. The normalized spacial score (nSPS) is 11.5. The van der Waals surface area contributed by atoms with Crippen molar-refractivity contribution < 1.29 is 0 Å². The Balaban J connectivity index is 1.15. The van der Waals surface area contributed by atoms with Crippen LogP contribution in [-0.4, -0.2) is 19.9 Å². The van der Waals surface area contributed by atoms with Crippen LogP contribution in [0.4, 0.5) is 0 Å². The number of benzene rings is 5. The van der Waals surface area contributed by atoms with Gasteiger partial charge in [-0.3, -0.25) is 4.98 Å². The summed E-state index contributed by atoms with van der Waals surface area (Å²) < 4.78 is 0. The van der Waals surface area contributed by atoms with Crippen LogP contribution in [0.3, 0.4) is 0 Å². The Hall–Kier alpha value is -6.26. The molecule has 0 unspecified atom stereocenters. The first kappa shape index (κ1) is 26.2. The van der Waals surface area contributed by atoms with Gasteiger partial charge in [0.05, 0.1) is 39.3 Å². The van der Waals surface area contributed by atoms with Crippen LogP contribution in [0.5, 0.6) is 0 Å². The fraction of sp³-hybridized carbons (Fsp3) is 0. The molecular formula is C42H26N4. The van der Waals surface area contributed by atoms with Crippen molar-refractivity contribution in [2.45, 2.75) is 0 Å². The Morgan fingerprint density at radius 2 is 1.02 bits per heavy atom. The molecule has 0 fully saturated rings. The van der Waals surface area contributed by atoms with Gasteiger partial charge in [-0.2, -0.15) is 0 Å². The van der Waals surface area contributed by atoms with Gasteiger partial charge in [0.1, 0.15) is 0 Å². The molecule has 4 heterocycles. The maximum atomic E-state index is 5.25. The highest BCUT2D eigenvalue weighted by molar-refractivity contribution is 6.16. The van der Waals surface area contributed by atoms with Gasteiger partial charge in [0.15, 0.2) is 0 Å². The van der Waals surface area contributed by atoms with Gasteiger partial charge in [-0.25, -0.2) is 15.0 Å². The Labute approximate surface area is 265 Å². The second-order valence-corrected chi connectivity index (χ2v) is 11.5. The highest BCUT2D eigenvalue weighted by Crippen LogP contribution is 2.38. The molecule has 0 aliphatic carbocycles. The van der Waals surface area contributed by atoms with Crippen molar-refractivity contribution in [1.82, 2.24) is 19.9 Å². The van der Waals surface area contributed by atoms with Crippen molar-refractivity contribution in [2.24, 2.45) is 0 Å². The Kier molecular flexibility index (Phi) is 6.10. The van der Waals surface area contributed by atoms with E-state index >= 15 is 0 Å². The molecule has 0 bridgehead atoms. The maximum absolute atomic E-state index is 5.25. The third-order valence-electron chi connectivity index (χ3n) is 8.68. The zero-order chi connectivity index (χ0) is 30.5. The van der Waals surface area contributed by atoms with E-state index < -0.39 is 0 Å². The van der Waals surface area contributed by atoms with E-state index in [1.807, 2.05) is 42.5 Å². The lowest BCUT2D eigenvalue weighted by Crippen LogP contribution is -1.93. The predicted molar refractivity (Wildman–Crippen MR) is 189 cm³/mol. The standard InChI is InChI=1S/C42H26N4/c1-2-9-27(10-3-1)40-33-11-4-5-12-37(33)46-42-34(40)22-20-28-21-23-36(45-41(28)42)32-19-17-29-25-31(18-16-30(29)26-32)35-14-8-15-39(44-35)38-13-6-7-24-43-38/h1-26H. The average Bonchev–Trinajstić information content (AvgIpc) is 3.14. The molecule has 0 saturated carbocycles. The summed E-state index contributed by atoms with van der Waals surface area (Å²) in [6.45, 7) is 0. The zero-order valence-electron chi connectivity index (χ0n) is 24.8. The van der Waals surface area contributed by atoms with Gasteiger partial charge in [0.2, 0.25) is 0 Å². The molecule has 214 valence electrons. The van der Waals surface area contributed by atoms with E-state index in [9.17, 15) is 0 Å². The van der Waals surface area contributed by atoms with E-state index in [1.54, 1.807) is 6.20 Å². The summed E-state index contributed by atoms with van der Waals surface area (Å²) in [5, 5.41) is 5.62. The molecule has 4 aromatic heterocycles. The number of nitrogens with zero attached hydrogens (tertiary/aromatic N) is 4. The molecule has 9 aromatic rings. The molecule has 0 saturated heterocycles. The number of para-hydroxylation sites is 1. The van der Waals surface area contributed by atoms with E-state index in [0.29, 0.717) is 0 Å². The number of hydrogen-bond donors (Lipinski definition) is 0. The molecule has 0 atom stereocenters. The van der Waals surface area contributed by atoms with Gasteiger partial charge in [0, 0.05) is 39.0 Å². The molecule has 0 amide bonds. The quantitative estimate of drug-likeness (QED) is 0.152. The van der Waals surface area contributed by atoms with E-state index in [1.165, 1.54) is 11.1 Å². The first-order valence-electron chi connectivity index (χ1n) is 15.4. The van der Waals surface area contributed by atoms with Gasteiger partial charge in [-0.05, 0) is 64.9 Å². The van der Waals surface area contributed by atoms with Crippen molar-refractivity contribution >= 4 is 43.5 Å². The monoisotopic (exact) mass is 586 g/mol. The minimum Gasteiger partial charge on any atom is -0.255 e. The van der Waals surface area contributed by atoms with Gasteiger partial charge < -0.3 is 0 Å². The number of pyridine rings is 4. The Bertz CT molecular complexity index is 2580. The minimum absolute atomic E-state index is 0.863. The van der Waals surface area contributed by atoms with E-state index in [0.717, 1.165) is 77.4 Å². The summed E-state index contributed by atoms with van der Waals surface area (Å²) in [5.41, 5.74) is 10.9. The maximum Gasteiger partial charge on any atom is 0.0978 e. The van der Waals surface area contributed by atoms with E-state index in [-0.39, 0.29) is 0 Å². The van der Waals surface area contributed by atoms with Crippen LogP contribution < -0.4 is 0 Å². The van der Waals surface area contributed by atoms with Gasteiger partial charge in [-0.1, -0.05) is 103 Å². The highest BCUT2D eigenvalue weighted by Gasteiger charge is 2.15. The Morgan fingerprint density at radius 3 is 1.83 bits per heavy atom. The molecule has 46 heavy (non-hydrogen) atoms. The zero-order valence-corrected chi connectivity index (χ0v) is 24.8. The van der Waals surface area contributed by atoms with Crippen molar-refractivity contribution in [2.75, 3.05) is 0 Å². The molecule has 0 spiro atoms. The van der Waals surface area contributed by atoms with Crippen molar-refractivity contribution in [1.29, 1.82) is 0 Å². The summed E-state index contributed by atoms with van der Waals surface area (Å²) in [6, 6.07) is 52.6. The summed E-state index contributed by atoms with van der Waals surface area (Å²) in [7, 11) is 0. The lowest BCUT2D eigenvalue weighted by Gasteiger charge is -2.13. The van der Waals surface area contributed by atoms with Gasteiger partial charge in [-0.15, -0.1) is 0 Å². The molecular weight excluding hydrogens is 560 g/mol. The first-order valence-corrected chi connectivity index (χ1v) is 15.4. The number of fused-ring (bicyclic) bond motifs is 5. The SMILES string of the molecule is c1ccc(-c2c3ccccc3nc3c2ccc2ccc(-c4ccc5cc(-c6cccc(-c7ccccn7)n6)ccc5c4)nc23)cc1. The molecule has 0 radical (unpaired) electrons. The van der Waals surface area contributed by atoms with Gasteiger partial charge in [0.25, 0.3) is 0 Å². The predicted octanol–water partition coefficient (Wildman–Crippen LogP) is 10.5. The average molecular weight is 587 g/mol. The molecule has 0 aliphatic heterocycles. The summed E-state index contributed by atoms with van der Waals surface area (Å²) in [6.07, 6.45) is 1.80. The van der Waals surface area contributed by atoms with Crippen LogP contribution in [0, 0.1) is 0 Å². The highest BCUT2D eigenvalue weighted by atomic mass is 14.8. The van der Waals surface area contributed by atoms with Crippen LogP contribution in [0.2, 0.25) is 0 Å². The number of aromatic nitrogens is 4. The van der Waals surface area contributed by atoms with Crippen LogP contribution in [0.25, 0.3) is 88.5 Å². The number of rotatable bonds is 4. The Morgan fingerprint density at radius 1 is 0.348 bits per heavy atom. The van der Waals surface area contributed by atoms with Crippen molar-refractivity contribution in [3.8, 4) is 45.0 Å². The molecule has 0 N–H and O–H groups in total. The van der Waals surface area contributed by atoms with E-state index in [4.69, 9.17) is 15.0 Å². The van der Waals surface area contributed by atoms with Crippen LogP contribution >= 0.6 is 0 Å². The third-order valence-corrected chi connectivity index (χ3v) is 8.68. The second-order valence-electron chi connectivity index (χ2n) is 11.5. The summed E-state index contributed by atoms with van der Waals surface area (Å²) in [5.74, 6) is 0. The van der Waals surface area contributed by atoms with Crippen molar-refractivity contribution in [3.63, 3.8) is 0 Å². The lowest BCUT2D eigenvalue weighted by molar-refractivity contribution is 1.25. The smallest absolute Gasteiger partial charge is 0.0978 e. The fourth-order valence-electron chi connectivity index (χ4n) is 6.43. The largest absolute Gasteiger partial charge is 0.255 e. The third kappa shape index (κ3) is 4.47. The second kappa shape index (κ2) is 10.7. The fourth-order valence-corrected chi connectivity index (χ4v) is 6.43. The van der Waals surface area contributed by atoms with Crippen LogP contribution in [-0.2, 0) is 0 Å². The van der Waals surface area contributed by atoms with Crippen molar-refractivity contribution in [3.05, 3.63) is 158 Å². The van der Waals surface area contributed by atoms with E-state index in [2.05, 4.69) is 114 Å². The summed E-state index contributed by atoms with van der Waals surface area (Å²) in [4.78, 5) is 19.8. The molecule has 9 rings (SSSR count). The van der Waals surface area contributed by atoms with Crippen LogP contribution in [0.1, 0.15) is 0 Å². The summed E-state index contributed by atoms with van der Waals surface area (Å²) >= 11 is 0. The molecule has 4 heteroatoms.